The molecule has 0 bridgehead atoms. The second kappa shape index (κ2) is 13.2. The zero-order valence-electron chi connectivity index (χ0n) is 19.5. The van der Waals surface area contributed by atoms with E-state index in [0.717, 1.165) is 44.2 Å². The fourth-order valence-electron chi connectivity index (χ4n) is 3.47. The number of likely N-dealkylation sites (N-methyl/N-ethyl adjacent to an activating group) is 1. The molecule has 0 saturated carbocycles. The Labute approximate surface area is 212 Å². The molecular weight excluding hydrogens is 536 g/mol. The zero-order chi connectivity index (χ0) is 22.9. The Kier molecular flexibility index (Phi) is 10.7. The number of anilines is 1. The van der Waals surface area contributed by atoms with Crippen molar-refractivity contribution in [2.45, 2.75) is 13.5 Å². The van der Waals surface area contributed by atoms with Gasteiger partial charge >= 0.3 is 0 Å². The average Bonchev–Trinajstić information content (AvgIpc) is 2.81. The van der Waals surface area contributed by atoms with Crippen LogP contribution in [-0.4, -0.2) is 75.1 Å². The first kappa shape index (κ1) is 26.7. The molecule has 1 aliphatic rings. The molecule has 1 saturated heterocycles. The third kappa shape index (κ3) is 7.76. The number of hydrogen-bond acceptors (Lipinski definition) is 4. The molecule has 33 heavy (non-hydrogen) atoms. The molecule has 0 atom stereocenters. The van der Waals surface area contributed by atoms with Crippen molar-refractivity contribution in [1.82, 2.24) is 15.1 Å². The first-order chi connectivity index (χ1) is 15.5. The number of carbonyl (C=O) groups is 1. The number of aliphatic imine (C=N–C) groups is 1. The van der Waals surface area contributed by atoms with Gasteiger partial charge in [0.1, 0.15) is 11.6 Å². The lowest BCUT2D eigenvalue weighted by molar-refractivity contribution is -0.130. The average molecular weight is 569 g/mol. The number of rotatable bonds is 7. The van der Waals surface area contributed by atoms with Gasteiger partial charge in [-0.2, -0.15) is 0 Å². The van der Waals surface area contributed by atoms with E-state index < -0.39 is 0 Å². The fraction of sp³-hybridized carbons (Fsp3) is 0.417. The number of halogens is 2. The van der Waals surface area contributed by atoms with Crippen LogP contribution in [0.2, 0.25) is 0 Å². The van der Waals surface area contributed by atoms with Crippen LogP contribution in [0.5, 0.6) is 5.75 Å². The van der Waals surface area contributed by atoms with Crippen molar-refractivity contribution in [2.24, 2.45) is 4.99 Å². The highest BCUT2D eigenvalue weighted by molar-refractivity contribution is 14.0. The highest BCUT2D eigenvalue weighted by Crippen LogP contribution is 2.20. The Morgan fingerprint density at radius 3 is 2.52 bits per heavy atom. The van der Waals surface area contributed by atoms with E-state index in [0.29, 0.717) is 18.0 Å². The van der Waals surface area contributed by atoms with Gasteiger partial charge < -0.3 is 24.8 Å². The van der Waals surface area contributed by atoms with Crippen LogP contribution in [0.25, 0.3) is 0 Å². The Morgan fingerprint density at radius 2 is 1.85 bits per heavy atom. The Bertz CT molecular complexity index is 933. The van der Waals surface area contributed by atoms with Gasteiger partial charge in [-0.05, 0) is 36.8 Å². The van der Waals surface area contributed by atoms with Crippen LogP contribution in [-0.2, 0) is 11.3 Å². The maximum absolute atomic E-state index is 14.1. The highest BCUT2D eigenvalue weighted by Gasteiger charge is 2.21. The second-order valence-corrected chi connectivity index (χ2v) is 7.82. The maximum atomic E-state index is 14.1. The van der Waals surface area contributed by atoms with Gasteiger partial charge in [0.2, 0.25) is 0 Å². The van der Waals surface area contributed by atoms with Crippen molar-refractivity contribution < 1.29 is 13.9 Å². The largest absolute Gasteiger partial charge is 0.484 e. The van der Waals surface area contributed by atoms with Crippen LogP contribution in [0.4, 0.5) is 10.1 Å². The van der Waals surface area contributed by atoms with Crippen LogP contribution in [0.1, 0.15) is 12.5 Å². The summed E-state index contributed by atoms with van der Waals surface area (Å²) in [6.45, 7) is 6.29. The summed E-state index contributed by atoms with van der Waals surface area (Å²) in [5.74, 6) is 1.22. The first-order valence-electron chi connectivity index (χ1n) is 10.9. The second-order valence-electron chi connectivity index (χ2n) is 7.82. The summed E-state index contributed by atoms with van der Waals surface area (Å²) in [5, 5.41) is 3.36. The first-order valence-corrected chi connectivity index (χ1v) is 10.9. The molecule has 3 rings (SSSR count). The molecule has 0 spiro atoms. The molecule has 1 amide bonds. The molecule has 0 radical (unpaired) electrons. The summed E-state index contributed by atoms with van der Waals surface area (Å²) < 4.78 is 19.7. The van der Waals surface area contributed by atoms with Gasteiger partial charge in [-0.3, -0.25) is 4.79 Å². The van der Waals surface area contributed by atoms with Crippen molar-refractivity contribution in [2.75, 3.05) is 58.3 Å². The van der Waals surface area contributed by atoms with E-state index >= 15 is 0 Å². The molecule has 9 heteroatoms. The molecular formula is C24H33FIN5O2. The maximum Gasteiger partial charge on any atom is 0.259 e. The van der Waals surface area contributed by atoms with Crippen LogP contribution in [0.15, 0.2) is 53.5 Å². The SMILES string of the molecule is CCNC(=NCc1cccc(OCC(=O)N(C)C)c1)N1CCN(c2ccccc2F)CC1.I. The molecule has 1 N–H and O–H groups in total. The zero-order valence-corrected chi connectivity index (χ0v) is 21.8. The molecule has 0 aromatic heterocycles. The molecule has 1 heterocycles. The number of nitrogens with zero attached hydrogens (tertiary/aromatic N) is 4. The Balaban J connectivity index is 0.00000385. The number of amides is 1. The van der Waals surface area contributed by atoms with Crippen molar-refractivity contribution in [3.8, 4) is 5.75 Å². The topological polar surface area (TPSA) is 60.4 Å². The number of piperazine rings is 1. The van der Waals surface area contributed by atoms with Gasteiger partial charge in [-0.1, -0.05) is 24.3 Å². The Morgan fingerprint density at radius 1 is 1.12 bits per heavy atom. The third-order valence-electron chi connectivity index (χ3n) is 5.28. The van der Waals surface area contributed by atoms with Gasteiger partial charge in [0.15, 0.2) is 12.6 Å². The van der Waals surface area contributed by atoms with Crippen molar-refractivity contribution >= 4 is 41.5 Å². The van der Waals surface area contributed by atoms with Crippen molar-refractivity contribution in [3.05, 3.63) is 59.9 Å². The van der Waals surface area contributed by atoms with Crippen molar-refractivity contribution in [1.29, 1.82) is 0 Å². The van der Waals surface area contributed by atoms with Crippen LogP contribution >= 0.6 is 24.0 Å². The standard InChI is InChI=1S/C24H32FN5O2.HI/c1-4-26-24(30-14-12-29(13-15-30)22-11-6-5-10-21(22)25)27-17-19-8-7-9-20(16-19)32-18-23(31)28(2)3;/h5-11,16H,4,12-15,17-18H2,1-3H3,(H,26,27);1H. The summed E-state index contributed by atoms with van der Waals surface area (Å²) in [5.41, 5.74) is 1.65. The predicted molar refractivity (Wildman–Crippen MR) is 141 cm³/mol. The monoisotopic (exact) mass is 569 g/mol. The summed E-state index contributed by atoms with van der Waals surface area (Å²) in [6.07, 6.45) is 0. The van der Waals surface area contributed by atoms with E-state index in [4.69, 9.17) is 9.73 Å². The molecule has 2 aromatic carbocycles. The van der Waals surface area contributed by atoms with E-state index in [2.05, 4.69) is 15.1 Å². The number of hydrogen-bond donors (Lipinski definition) is 1. The number of benzene rings is 2. The van der Waals surface area contributed by atoms with Crippen LogP contribution in [0, 0.1) is 5.82 Å². The smallest absolute Gasteiger partial charge is 0.259 e. The number of ether oxygens (including phenoxy) is 1. The Hall–Kier alpha value is -2.56. The molecule has 1 fully saturated rings. The molecule has 1 aliphatic heterocycles. The van der Waals surface area contributed by atoms with Gasteiger partial charge in [-0.25, -0.2) is 9.38 Å². The van der Waals surface area contributed by atoms with Crippen LogP contribution in [0.3, 0.4) is 0 Å². The van der Waals surface area contributed by atoms with Crippen molar-refractivity contribution in [3.63, 3.8) is 0 Å². The predicted octanol–water partition coefficient (Wildman–Crippen LogP) is 3.20. The van der Waals surface area contributed by atoms with E-state index in [1.807, 2.05) is 43.3 Å². The minimum atomic E-state index is -0.184. The van der Waals surface area contributed by atoms with Gasteiger partial charge in [-0.15, -0.1) is 24.0 Å². The molecule has 0 unspecified atom stereocenters. The van der Waals surface area contributed by atoms with Gasteiger partial charge in [0.05, 0.1) is 12.2 Å². The summed E-state index contributed by atoms with van der Waals surface area (Å²) in [6, 6.07) is 14.5. The third-order valence-corrected chi connectivity index (χ3v) is 5.28. The number of nitrogens with one attached hydrogen (secondary N) is 1. The number of carbonyl (C=O) groups excluding carboxylic acids is 1. The highest BCUT2D eigenvalue weighted by atomic mass is 127. The normalized spacial score (nSPS) is 13.9. The van der Waals surface area contributed by atoms with Gasteiger partial charge in [0, 0.05) is 46.8 Å². The number of para-hydroxylation sites is 1. The molecule has 180 valence electrons. The quantitative estimate of drug-likeness (QED) is 0.316. The summed E-state index contributed by atoms with van der Waals surface area (Å²) in [7, 11) is 3.41. The van der Waals surface area contributed by atoms with Gasteiger partial charge in [0.25, 0.3) is 5.91 Å². The minimum absolute atomic E-state index is 0. The minimum Gasteiger partial charge on any atom is -0.484 e. The summed E-state index contributed by atoms with van der Waals surface area (Å²) >= 11 is 0. The van der Waals surface area contributed by atoms with E-state index in [1.165, 1.54) is 11.0 Å². The summed E-state index contributed by atoms with van der Waals surface area (Å²) in [4.78, 5) is 22.3. The fourth-order valence-corrected chi connectivity index (χ4v) is 3.47. The number of guanidine groups is 1. The molecule has 0 aliphatic carbocycles. The van der Waals surface area contributed by atoms with Crippen LogP contribution < -0.4 is 15.0 Å². The van der Waals surface area contributed by atoms with E-state index in [-0.39, 0.29) is 42.3 Å². The lowest BCUT2D eigenvalue weighted by atomic mass is 10.2. The lowest BCUT2D eigenvalue weighted by Gasteiger charge is -2.37. The lowest BCUT2D eigenvalue weighted by Crippen LogP contribution is -2.52. The van der Waals surface area contributed by atoms with E-state index in [9.17, 15) is 9.18 Å². The van der Waals surface area contributed by atoms with E-state index in [1.54, 1.807) is 20.2 Å². The molecule has 2 aromatic rings. The molecule has 7 nitrogen and oxygen atoms in total.